The van der Waals surface area contributed by atoms with E-state index in [1.54, 1.807) is 35.4 Å². The van der Waals surface area contributed by atoms with Gasteiger partial charge in [0.2, 0.25) is 5.91 Å². The number of benzene rings is 1. The van der Waals surface area contributed by atoms with Gasteiger partial charge in [-0.3, -0.25) is 9.59 Å². The van der Waals surface area contributed by atoms with Crippen LogP contribution in [-0.2, 0) is 17.8 Å². The summed E-state index contributed by atoms with van der Waals surface area (Å²) in [6.07, 6.45) is 1.86. The summed E-state index contributed by atoms with van der Waals surface area (Å²) in [5.41, 5.74) is 2.15. The minimum atomic E-state index is -0.671. The molecule has 6 heteroatoms. The van der Waals surface area contributed by atoms with E-state index in [0.29, 0.717) is 13.0 Å². The first-order valence-corrected chi connectivity index (χ1v) is 9.59. The van der Waals surface area contributed by atoms with Crippen LogP contribution in [0.5, 0.6) is 0 Å². The average molecular weight is 382 g/mol. The van der Waals surface area contributed by atoms with Crippen LogP contribution in [0.4, 0.5) is 0 Å². The van der Waals surface area contributed by atoms with Crippen LogP contribution in [0.3, 0.4) is 0 Å². The van der Waals surface area contributed by atoms with Crippen LogP contribution in [-0.4, -0.2) is 29.8 Å². The largest absolute Gasteiger partial charge is 0.459 e. The van der Waals surface area contributed by atoms with Crippen molar-refractivity contribution in [2.24, 2.45) is 0 Å². The van der Waals surface area contributed by atoms with Gasteiger partial charge in [0, 0.05) is 18.3 Å². The van der Waals surface area contributed by atoms with E-state index in [1.807, 2.05) is 48.7 Å². The van der Waals surface area contributed by atoms with Crippen molar-refractivity contribution in [3.05, 3.63) is 81.9 Å². The van der Waals surface area contributed by atoms with Gasteiger partial charge >= 0.3 is 0 Å². The fourth-order valence-corrected chi connectivity index (χ4v) is 3.77. The number of hydrogen-bond acceptors (Lipinski definition) is 4. The Labute approximate surface area is 162 Å². The Kier molecular flexibility index (Phi) is 6.08. The van der Waals surface area contributed by atoms with Crippen LogP contribution >= 0.6 is 11.3 Å². The van der Waals surface area contributed by atoms with Gasteiger partial charge < -0.3 is 14.6 Å². The molecule has 140 valence electrons. The van der Waals surface area contributed by atoms with Gasteiger partial charge in [-0.2, -0.15) is 0 Å². The first-order valence-electron chi connectivity index (χ1n) is 8.71. The van der Waals surface area contributed by atoms with Crippen LogP contribution in [0.2, 0.25) is 0 Å². The minimum Gasteiger partial charge on any atom is -0.459 e. The molecule has 2 amide bonds. The molecule has 1 unspecified atom stereocenters. The number of nitrogens with one attached hydrogen (secondary N) is 1. The summed E-state index contributed by atoms with van der Waals surface area (Å²) in [6, 6.07) is 14.3. The van der Waals surface area contributed by atoms with Gasteiger partial charge in [-0.1, -0.05) is 30.3 Å². The number of hydrogen-bond donors (Lipinski definition) is 1. The van der Waals surface area contributed by atoms with Crippen molar-refractivity contribution in [1.82, 2.24) is 10.2 Å². The van der Waals surface area contributed by atoms with Crippen LogP contribution in [0.1, 0.15) is 26.6 Å². The fourth-order valence-electron chi connectivity index (χ4n) is 2.81. The summed E-state index contributed by atoms with van der Waals surface area (Å²) >= 11 is 1.63. The molecule has 5 nitrogen and oxygen atoms in total. The SMILES string of the molecule is Cc1ccsc1CN(C)C(=O)C(Cc1ccccc1)NC(=O)c1ccco1. The zero-order chi connectivity index (χ0) is 19.2. The topological polar surface area (TPSA) is 62.6 Å². The smallest absolute Gasteiger partial charge is 0.287 e. The summed E-state index contributed by atoms with van der Waals surface area (Å²) in [7, 11) is 1.76. The number of thiophene rings is 1. The van der Waals surface area contributed by atoms with Crippen LogP contribution < -0.4 is 5.32 Å². The molecule has 0 fully saturated rings. The molecule has 0 saturated carbocycles. The number of aryl methyl sites for hydroxylation is 1. The highest BCUT2D eigenvalue weighted by Crippen LogP contribution is 2.18. The third-order valence-electron chi connectivity index (χ3n) is 4.36. The summed E-state index contributed by atoms with van der Waals surface area (Å²) in [4.78, 5) is 28.3. The predicted molar refractivity (Wildman–Crippen MR) is 106 cm³/mol. The highest BCUT2D eigenvalue weighted by atomic mass is 32.1. The lowest BCUT2D eigenvalue weighted by atomic mass is 10.0. The molecule has 3 rings (SSSR count). The number of likely N-dealkylation sites (N-methyl/N-ethyl adjacent to an activating group) is 1. The van der Waals surface area contributed by atoms with Crippen molar-refractivity contribution in [3.8, 4) is 0 Å². The molecule has 2 aromatic heterocycles. The Morgan fingerprint density at radius 2 is 1.93 bits per heavy atom. The molecule has 0 aliphatic heterocycles. The molecule has 0 bridgehead atoms. The van der Waals surface area contributed by atoms with E-state index in [4.69, 9.17) is 4.42 Å². The summed E-state index contributed by atoms with van der Waals surface area (Å²) in [6.45, 7) is 2.55. The van der Waals surface area contributed by atoms with E-state index >= 15 is 0 Å². The molecular weight excluding hydrogens is 360 g/mol. The van der Waals surface area contributed by atoms with Crippen LogP contribution in [0.25, 0.3) is 0 Å². The summed E-state index contributed by atoms with van der Waals surface area (Å²) in [5, 5.41) is 4.84. The Morgan fingerprint density at radius 3 is 2.56 bits per heavy atom. The molecular formula is C21H22N2O3S. The second-order valence-electron chi connectivity index (χ2n) is 6.41. The van der Waals surface area contributed by atoms with E-state index in [9.17, 15) is 9.59 Å². The van der Waals surface area contributed by atoms with Crippen molar-refractivity contribution in [3.63, 3.8) is 0 Å². The molecule has 1 aromatic carbocycles. The lowest BCUT2D eigenvalue weighted by Crippen LogP contribution is -2.48. The normalized spacial score (nSPS) is 11.8. The molecule has 0 spiro atoms. The van der Waals surface area contributed by atoms with Gasteiger partial charge in [-0.15, -0.1) is 11.3 Å². The van der Waals surface area contributed by atoms with Gasteiger partial charge in [0.05, 0.1) is 12.8 Å². The molecule has 0 saturated heterocycles. The Bertz CT molecular complexity index is 887. The zero-order valence-corrected chi connectivity index (χ0v) is 16.2. The van der Waals surface area contributed by atoms with E-state index in [0.717, 1.165) is 10.4 Å². The van der Waals surface area contributed by atoms with Crippen LogP contribution in [0.15, 0.2) is 64.6 Å². The highest BCUT2D eigenvalue weighted by Gasteiger charge is 2.26. The van der Waals surface area contributed by atoms with E-state index in [1.165, 1.54) is 11.8 Å². The summed E-state index contributed by atoms with van der Waals surface area (Å²) < 4.78 is 5.15. The van der Waals surface area contributed by atoms with Gasteiger partial charge in [-0.05, 0) is 41.6 Å². The van der Waals surface area contributed by atoms with Gasteiger partial charge in [0.25, 0.3) is 5.91 Å². The Hall–Kier alpha value is -2.86. The standard InChI is InChI=1S/C21H22N2O3S/c1-15-10-12-27-19(15)14-23(2)21(25)17(13-16-7-4-3-5-8-16)22-20(24)18-9-6-11-26-18/h3-12,17H,13-14H2,1-2H3,(H,22,24). The quantitative estimate of drug-likeness (QED) is 0.678. The molecule has 3 aromatic rings. The lowest BCUT2D eigenvalue weighted by Gasteiger charge is -2.24. The number of carbonyl (C=O) groups excluding carboxylic acids is 2. The molecule has 0 aliphatic rings. The van der Waals surface area contributed by atoms with Crippen LogP contribution in [0, 0.1) is 6.92 Å². The number of furan rings is 1. The maximum Gasteiger partial charge on any atom is 0.287 e. The van der Waals surface area contributed by atoms with Crippen molar-refractivity contribution in [2.75, 3.05) is 7.05 Å². The number of carbonyl (C=O) groups is 2. The maximum atomic E-state index is 13.1. The van der Waals surface area contributed by atoms with E-state index in [2.05, 4.69) is 5.32 Å². The molecule has 0 radical (unpaired) electrons. The van der Waals surface area contributed by atoms with Crippen molar-refractivity contribution in [1.29, 1.82) is 0 Å². The molecule has 2 heterocycles. The predicted octanol–water partition coefficient (Wildman–Crippen LogP) is 3.65. The third-order valence-corrected chi connectivity index (χ3v) is 5.36. The van der Waals surface area contributed by atoms with Crippen molar-refractivity contribution < 1.29 is 14.0 Å². The van der Waals surface area contributed by atoms with Gasteiger partial charge in [0.1, 0.15) is 6.04 Å². The van der Waals surface area contributed by atoms with Gasteiger partial charge in [0.15, 0.2) is 5.76 Å². The average Bonchev–Trinajstić information content (AvgIpc) is 3.34. The zero-order valence-electron chi connectivity index (χ0n) is 15.3. The monoisotopic (exact) mass is 382 g/mol. The maximum absolute atomic E-state index is 13.1. The number of amides is 2. The second kappa shape index (κ2) is 8.68. The Morgan fingerprint density at radius 1 is 1.15 bits per heavy atom. The molecule has 1 N–H and O–H groups in total. The van der Waals surface area contributed by atoms with E-state index in [-0.39, 0.29) is 11.7 Å². The highest BCUT2D eigenvalue weighted by molar-refractivity contribution is 7.10. The second-order valence-corrected chi connectivity index (χ2v) is 7.41. The fraction of sp³-hybridized carbons (Fsp3) is 0.238. The lowest BCUT2D eigenvalue weighted by molar-refractivity contribution is -0.132. The summed E-state index contributed by atoms with van der Waals surface area (Å²) in [5.74, 6) is -0.334. The number of rotatable bonds is 7. The van der Waals surface area contributed by atoms with E-state index < -0.39 is 11.9 Å². The molecule has 27 heavy (non-hydrogen) atoms. The van der Waals surface area contributed by atoms with Crippen molar-refractivity contribution in [2.45, 2.75) is 25.9 Å². The number of nitrogens with zero attached hydrogens (tertiary/aromatic N) is 1. The van der Waals surface area contributed by atoms with Crippen molar-refractivity contribution >= 4 is 23.2 Å². The van der Waals surface area contributed by atoms with Gasteiger partial charge in [-0.25, -0.2) is 0 Å². The third kappa shape index (κ3) is 4.86. The molecule has 1 atom stereocenters. The molecule has 0 aliphatic carbocycles. The minimum absolute atomic E-state index is 0.133. The Balaban J connectivity index is 1.76. The first-order chi connectivity index (χ1) is 13.0. The first kappa shape index (κ1) is 18.9.